The van der Waals surface area contributed by atoms with Gasteiger partial charge >= 0.3 is 0 Å². The number of likely N-dealkylation sites (N-methyl/N-ethyl adjacent to an activating group) is 1. The van der Waals surface area contributed by atoms with Crippen LogP contribution < -0.4 is 4.74 Å². The van der Waals surface area contributed by atoms with E-state index in [9.17, 15) is 4.79 Å². The molecule has 0 bridgehead atoms. The van der Waals surface area contributed by atoms with E-state index in [-0.39, 0.29) is 11.2 Å². The zero-order valence-electron chi connectivity index (χ0n) is 17.5. The first-order valence-corrected chi connectivity index (χ1v) is 10.9. The first-order chi connectivity index (χ1) is 14.3. The van der Waals surface area contributed by atoms with Gasteiger partial charge in [-0.1, -0.05) is 41.1 Å². The van der Waals surface area contributed by atoms with Crippen molar-refractivity contribution < 1.29 is 9.53 Å². The summed E-state index contributed by atoms with van der Waals surface area (Å²) in [5.74, 6) is 0.735. The summed E-state index contributed by atoms with van der Waals surface area (Å²) in [5.41, 5.74) is 3.34. The average molecular weight is 445 g/mol. The molecule has 0 saturated carbocycles. The van der Waals surface area contributed by atoms with Gasteiger partial charge in [0, 0.05) is 12.1 Å². The molecule has 3 aromatic rings. The number of ether oxygens (including phenoxy) is 1. The molecule has 0 fully saturated rings. The summed E-state index contributed by atoms with van der Waals surface area (Å²) in [5, 5.41) is 9.31. The number of nitrogens with zero attached hydrogens (tertiary/aromatic N) is 4. The lowest BCUT2D eigenvalue weighted by atomic mass is 10.1. The van der Waals surface area contributed by atoms with E-state index in [4.69, 9.17) is 16.3 Å². The van der Waals surface area contributed by atoms with Crippen molar-refractivity contribution in [2.45, 2.75) is 31.2 Å². The van der Waals surface area contributed by atoms with Crippen LogP contribution in [-0.2, 0) is 4.79 Å². The van der Waals surface area contributed by atoms with Gasteiger partial charge in [0.05, 0.1) is 17.5 Å². The van der Waals surface area contributed by atoms with Crippen molar-refractivity contribution >= 4 is 29.3 Å². The number of rotatable bonds is 8. The predicted octanol–water partition coefficient (Wildman–Crippen LogP) is 4.56. The molecule has 0 saturated heterocycles. The molecule has 0 radical (unpaired) electrons. The van der Waals surface area contributed by atoms with E-state index >= 15 is 0 Å². The van der Waals surface area contributed by atoms with Crippen LogP contribution in [-0.4, -0.2) is 51.0 Å². The van der Waals surface area contributed by atoms with Crippen molar-refractivity contribution in [3.05, 3.63) is 64.9 Å². The summed E-state index contributed by atoms with van der Waals surface area (Å²) in [4.78, 5) is 14.5. The van der Waals surface area contributed by atoms with E-state index in [1.807, 2.05) is 29.7 Å². The Balaban J connectivity index is 1.57. The number of aromatic nitrogens is 3. The molecule has 1 amide bonds. The molecule has 2 aromatic carbocycles. The maximum Gasteiger partial charge on any atom is 0.235 e. The lowest BCUT2D eigenvalue weighted by Crippen LogP contribution is -2.36. The summed E-state index contributed by atoms with van der Waals surface area (Å²) in [7, 11) is 1.78. The van der Waals surface area contributed by atoms with Gasteiger partial charge in [0.1, 0.15) is 18.7 Å². The van der Waals surface area contributed by atoms with E-state index in [0.29, 0.717) is 23.3 Å². The quantitative estimate of drug-likeness (QED) is 0.477. The van der Waals surface area contributed by atoms with Crippen LogP contribution in [0.15, 0.2) is 53.9 Å². The Bertz CT molecular complexity index is 1010. The number of carbonyl (C=O) groups is 1. The maximum absolute atomic E-state index is 12.8. The van der Waals surface area contributed by atoms with Crippen molar-refractivity contribution in [1.82, 2.24) is 19.7 Å². The molecule has 0 aliphatic carbocycles. The molecule has 3 rings (SSSR count). The fraction of sp³-hybridized carbons (Fsp3) is 0.318. The van der Waals surface area contributed by atoms with E-state index in [2.05, 4.69) is 36.2 Å². The van der Waals surface area contributed by atoms with Crippen LogP contribution >= 0.6 is 23.4 Å². The van der Waals surface area contributed by atoms with Crippen molar-refractivity contribution in [3.8, 4) is 11.4 Å². The third-order valence-electron chi connectivity index (χ3n) is 4.64. The molecule has 1 aromatic heterocycles. The minimum Gasteiger partial charge on any atom is -0.492 e. The van der Waals surface area contributed by atoms with Gasteiger partial charge in [0.25, 0.3) is 0 Å². The van der Waals surface area contributed by atoms with Crippen LogP contribution in [0.25, 0.3) is 5.69 Å². The zero-order valence-corrected chi connectivity index (χ0v) is 19.1. The van der Waals surface area contributed by atoms with Crippen molar-refractivity contribution in [3.63, 3.8) is 0 Å². The van der Waals surface area contributed by atoms with Crippen LogP contribution in [0.1, 0.15) is 18.1 Å². The van der Waals surface area contributed by atoms with E-state index < -0.39 is 0 Å². The molecule has 1 unspecified atom stereocenters. The number of aryl methyl sites for hydroxylation is 2. The SMILES string of the molecule is Cc1ccc(-n2cnnc2SC(C)C(=O)N(C)CCOc2ccc(Cl)cc2)c(C)c1. The second-order valence-corrected chi connectivity index (χ2v) is 8.84. The molecule has 8 heteroatoms. The summed E-state index contributed by atoms with van der Waals surface area (Å²) < 4.78 is 7.60. The monoisotopic (exact) mass is 444 g/mol. The molecule has 0 N–H and O–H groups in total. The van der Waals surface area contributed by atoms with Gasteiger partial charge in [-0.25, -0.2) is 0 Å². The second kappa shape index (κ2) is 10.00. The van der Waals surface area contributed by atoms with Gasteiger partial charge in [-0.15, -0.1) is 10.2 Å². The molecule has 6 nitrogen and oxygen atoms in total. The highest BCUT2D eigenvalue weighted by Gasteiger charge is 2.22. The van der Waals surface area contributed by atoms with Crippen LogP contribution in [0, 0.1) is 13.8 Å². The molecular weight excluding hydrogens is 420 g/mol. The van der Waals surface area contributed by atoms with Crippen LogP contribution in [0.5, 0.6) is 5.75 Å². The second-order valence-electron chi connectivity index (χ2n) is 7.10. The minimum absolute atomic E-state index is 0.00915. The smallest absolute Gasteiger partial charge is 0.235 e. The fourth-order valence-corrected chi connectivity index (χ4v) is 4.08. The van der Waals surface area contributed by atoms with Crippen LogP contribution in [0.3, 0.4) is 0 Å². The van der Waals surface area contributed by atoms with Gasteiger partial charge in [-0.2, -0.15) is 0 Å². The first kappa shape index (κ1) is 22.2. The van der Waals surface area contributed by atoms with Crippen LogP contribution in [0.4, 0.5) is 0 Å². The first-order valence-electron chi connectivity index (χ1n) is 9.63. The lowest BCUT2D eigenvalue weighted by molar-refractivity contribution is -0.129. The maximum atomic E-state index is 12.8. The van der Waals surface area contributed by atoms with Gasteiger partial charge in [0.15, 0.2) is 5.16 Å². The van der Waals surface area contributed by atoms with E-state index in [1.54, 1.807) is 30.4 Å². The Hall–Kier alpha value is -2.51. The Morgan fingerprint density at radius 1 is 1.23 bits per heavy atom. The Kier molecular flexibility index (Phi) is 7.39. The summed E-state index contributed by atoms with van der Waals surface area (Å²) in [6.45, 7) is 6.88. The highest BCUT2D eigenvalue weighted by molar-refractivity contribution is 8.00. The topological polar surface area (TPSA) is 60.2 Å². The van der Waals surface area contributed by atoms with Crippen molar-refractivity contribution in [1.29, 1.82) is 0 Å². The summed E-state index contributed by atoms with van der Waals surface area (Å²) in [6, 6.07) is 13.4. The number of carbonyl (C=O) groups excluding carboxylic acids is 1. The van der Waals surface area contributed by atoms with E-state index in [1.165, 1.54) is 17.3 Å². The van der Waals surface area contributed by atoms with Gasteiger partial charge < -0.3 is 9.64 Å². The van der Waals surface area contributed by atoms with E-state index in [0.717, 1.165) is 17.0 Å². The molecule has 158 valence electrons. The Labute approximate surface area is 186 Å². The standard InChI is InChI=1S/C22H25ClN4O2S/c1-15-5-10-20(16(2)13-15)27-14-24-25-22(27)30-17(3)21(28)26(4)11-12-29-19-8-6-18(23)7-9-19/h5-10,13-14,17H,11-12H2,1-4H3. The number of thioether (sulfide) groups is 1. The number of amides is 1. The van der Waals surface area contributed by atoms with Crippen molar-refractivity contribution in [2.75, 3.05) is 20.2 Å². The average Bonchev–Trinajstić information content (AvgIpc) is 3.16. The predicted molar refractivity (Wildman–Crippen MR) is 121 cm³/mol. The molecule has 30 heavy (non-hydrogen) atoms. The summed E-state index contributed by atoms with van der Waals surface area (Å²) >= 11 is 7.27. The lowest BCUT2D eigenvalue weighted by Gasteiger charge is -2.21. The highest BCUT2D eigenvalue weighted by atomic mass is 35.5. The van der Waals surface area contributed by atoms with Gasteiger partial charge in [-0.05, 0) is 56.7 Å². The molecule has 0 aliphatic heterocycles. The molecular formula is C22H25ClN4O2S. The largest absolute Gasteiger partial charge is 0.492 e. The number of hydrogen-bond acceptors (Lipinski definition) is 5. The third kappa shape index (κ3) is 5.55. The van der Waals surface area contributed by atoms with Crippen molar-refractivity contribution in [2.24, 2.45) is 0 Å². The Morgan fingerprint density at radius 2 is 1.97 bits per heavy atom. The normalized spacial score (nSPS) is 11.9. The molecule has 1 heterocycles. The molecule has 0 spiro atoms. The van der Waals surface area contributed by atoms with Crippen LogP contribution in [0.2, 0.25) is 5.02 Å². The third-order valence-corrected chi connectivity index (χ3v) is 5.94. The molecule has 1 atom stereocenters. The summed E-state index contributed by atoms with van der Waals surface area (Å²) in [6.07, 6.45) is 1.68. The number of hydrogen-bond donors (Lipinski definition) is 0. The fourth-order valence-electron chi connectivity index (χ4n) is 3.01. The minimum atomic E-state index is -0.306. The zero-order chi connectivity index (χ0) is 21.7. The highest BCUT2D eigenvalue weighted by Crippen LogP contribution is 2.26. The number of halogens is 1. The van der Waals surface area contributed by atoms with Gasteiger partial charge in [0.2, 0.25) is 5.91 Å². The Morgan fingerprint density at radius 3 is 2.67 bits per heavy atom. The number of benzene rings is 2. The van der Waals surface area contributed by atoms with Gasteiger partial charge in [-0.3, -0.25) is 9.36 Å². The molecule has 0 aliphatic rings.